The van der Waals surface area contributed by atoms with E-state index in [2.05, 4.69) is 0 Å². The van der Waals surface area contributed by atoms with E-state index in [1.165, 1.54) is 0 Å². The zero-order valence-electron chi connectivity index (χ0n) is 10.5. The molecular formula is C12H16F2N2O2. The van der Waals surface area contributed by atoms with Gasteiger partial charge >= 0.3 is 5.69 Å². The van der Waals surface area contributed by atoms with Crippen LogP contribution in [0.1, 0.15) is 32.3 Å². The van der Waals surface area contributed by atoms with Crippen LogP contribution in [-0.4, -0.2) is 11.0 Å². The number of hydrogen-bond donors (Lipinski definition) is 1. The van der Waals surface area contributed by atoms with Crippen LogP contribution in [0.3, 0.4) is 0 Å². The Labute approximate surface area is 104 Å². The summed E-state index contributed by atoms with van der Waals surface area (Å²) in [4.78, 5) is 10.1. The number of nitrogens with zero attached hydrogens (tertiary/aromatic N) is 1. The van der Waals surface area contributed by atoms with E-state index in [0.29, 0.717) is 6.07 Å². The Hall–Kier alpha value is -1.56. The molecule has 0 bridgehead atoms. The average molecular weight is 258 g/mol. The molecule has 18 heavy (non-hydrogen) atoms. The van der Waals surface area contributed by atoms with Gasteiger partial charge in [0, 0.05) is 23.6 Å². The first-order chi connectivity index (χ1) is 8.25. The highest BCUT2D eigenvalue weighted by Crippen LogP contribution is 2.35. The van der Waals surface area contributed by atoms with Crippen molar-refractivity contribution in [3.8, 4) is 0 Å². The Kier molecular flexibility index (Phi) is 4.34. The van der Waals surface area contributed by atoms with Crippen molar-refractivity contribution in [1.29, 1.82) is 0 Å². The largest absolute Gasteiger partial charge is 0.327 e. The molecule has 0 aliphatic rings. The van der Waals surface area contributed by atoms with Crippen molar-refractivity contribution in [2.45, 2.75) is 32.7 Å². The third-order valence-corrected chi connectivity index (χ3v) is 2.88. The van der Waals surface area contributed by atoms with Crippen LogP contribution in [0.25, 0.3) is 0 Å². The standard InChI is InChI=1S/C12H16F2N2O2/c1-6(2)11(7(3)15)9-4-8(13)5-10(14)12(9)16(17)18/h4-7,11H,15H2,1-3H3. The van der Waals surface area contributed by atoms with Gasteiger partial charge in [0.05, 0.1) is 4.92 Å². The first-order valence-electron chi connectivity index (χ1n) is 5.64. The lowest BCUT2D eigenvalue weighted by molar-refractivity contribution is -0.388. The van der Waals surface area contributed by atoms with E-state index in [-0.39, 0.29) is 11.5 Å². The Bertz CT molecular complexity index is 454. The van der Waals surface area contributed by atoms with Crippen LogP contribution >= 0.6 is 0 Å². The molecule has 1 rings (SSSR count). The van der Waals surface area contributed by atoms with Crippen molar-refractivity contribution < 1.29 is 13.7 Å². The Morgan fingerprint density at radius 3 is 2.22 bits per heavy atom. The van der Waals surface area contributed by atoms with Crippen LogP contribution in [0.4, 0.5) is 14.5 Å². The normalized spacial score (nSPS) is 14.6. The molecule has 0 saturated heterocycles. The van der Waals surface area contributed by atoms with Gasteiger partial charge < -0.3 is 5.73 Å². The summed E-state index contributed by atoms with van der Waals surface area (Å²) in [7, 11) is 0. The van der Waals surface area contributed by atoms with Gasteiger partial charge in [-0.3, -0.25) is 10.1 Å². The van der Waals surface area contributed by atoms with Crippen molar-refractivity contribution in [2.75, 3.05) is 0 Å². The summed E-state index contributed by atoms with van der Waals surface area (Å²) in [6.07, 6.45) is 0. The Morgan fingerprint density at radius 2 is 1.83 bits per heavy atom. The lowest BCUT2D eigenvalue weighted by Gasteiger charge is -2.24. The third kappa shape index (κ3) is 2.81. The number of nitrogens with two attached hydrogens (primary N) is 1. The number of halogens is 2. The van der Waals surface area contributed by atoms with Gasteiger partial charge in [-0.05, 0) is 18.9 Å². The minimum absolute atomic E-state index is 0.0162. The zero-order valence-corrected chi connectivity index (χ0v) is 10.5. The highest BCUT2D eigenvalue weighted by atomic mass is 19.1. The fourth-order valence-electron chi connectivity index (χ4n) is 2.28. The maximum atomic E-state index is 13.5. The van der Waals surface area contributed by atoms with E-state index in [9.17, 15) is 18.9 Å². The summed E-state index contributed by atoms with van der Waals surface area (Å²) in [5, 5.41) is 10.9. The van der Waals surface area contributed by atoms with Gasteiger partial charge in [-0.25, -0.2) is 4.39 Å². The summed E-state index contributed by atoms with van der Waals surface area (Å²) < 4.78 is 26.8. The molecule has 2 N–H and O–H groups in total. The molecule has 0 amide bonds. The maximum absolute atomic E-state index is 13.5. The molecule has 0 heterocycles. The van der Waals surface area contributed by atoms with E-state index in [1.807, 2.05) is 0 Å². The number of nitro benzene ring substituents is 1. The van der Waals surface area contributed by atoms with Crippen LogP contribution in [0, 0.1) is 27.7 Å². The third-order valence-electron chi connectivity index (χ3n) is 2.88. The number of rotatable bonds is 4. The molecule has 0 spiro atoms. The molecule has 4 nitrogen and oxygen atoms in total. The molecule has 0 aliphatic heterocycles. The number of hydrogen-bond acceptors (Lipinski definition) is 3. The first-order valence-corrected chi connectivity index (χ1v) is 5.64. The smallest absolute Gasteiger partial charge is 0.308 e. The van der Waals surface area contributed by atoms with Gasteiger partial charge in [-0.2, -0.15) is 4.39 Å². The molecule has 2 unspecified atom stereocenters. The lowest BCUT2D eigenvalue weighted by Crippen LogP contribution is -2.29. The minimum Gasteiger partial charge on any atom is -0.327 e. The highest BCUT2D eigenvalue weighted by Gasteiger charge is 2.31. The topological polar surface area (TPSA) is 69.2 Å². The summed E-state index contributed by atoms with van der Waals surface area (Å²) in [5.41, 5.74) is 5.10. The average Bonchev–Trinajstić information content (AvgIpc) is 2.13. The predicted molar refractivity (Wildman–Crippen MR) is 64.2 cm³/mol. The molecule has 100 valence electrons. The second-order valence-electron chi connectivity index (χ2n) is 4.71. The zero-order chi connectivity index (χ0) is 14.0. The summed E-state index contributed by atoms with van der Waals surface area (Å²) in [6, 6.07) is 1.07. The summed E-state index contributed by atoms with van der Waals surface area (Å²) in [5.74, 6) is -2.54. The molecule has 1 aromatic rings. The van der Waals surface area contributed by atoms with E-state index in [1.54, 1.807) is 20.8 Å². The minimum atomic E-state index is -1.17. The quantitative estimate of drug-likeness (QED) is 0.666. The first kappa shape index (κ1) is 14.5. The lowest BCUT2D eigenvalue weighted by atomic mass is 9.82. The molecule has 0 fully saturated rings. The molecule has 0 aromatic heterocycles. The molecule has 0 aliphatic carbocycles. The van der Waals surface area contributed by atoms with Gasteiger partial charge in [-0.15, -0.1) is 0 Å². The SMILES string of the molecule is CC(C)C(c1cc(F)cc(F)c1[N+](=O)[O-])C(C)N. The van der Waals surface area contributed by atoms with Crippen molar-refractivity contribution in [3.05, 3.63) is 39.4 Å². The van der Waals surface area contributed by atoms with E-state index < -0.39 is 34.2 Å². The monoisotopic (exact) mass is 258 g/mol. The van der Waals surface area contributed by atoms with Crippen molar-refractivity contribution in [1.82, 2.24) is 0 Å². The predicted octanol–water partition coefficient (Wildman–Crippen LogP) is 2.96. The second kappa shape index (κ2) is 5.39. The van der Waals surface area contributed by atoms with Crippen LogP contribution in [-0.2, 0) is 0 Å². The summed E-state index contributed by atoms with van der Waals surface area (Å²) in [6.45, 7) is 5.28. The van der Waals surface area contributed by atoms with E-state index >= 15 is 0 Å². The van der Waals surface area contributed by atoms with Gasteiger partial charge in [0.15, 0.2) is 0 Å². The molecule has 2 atom stereocenters. The number of nitro groups is 1. The van der Waals surface area contributed by atoms with Crippen LogP contribution in [0.2, 0.25) is 0 Å². The van der Waals surface area contributed by atoms with Crippen molar-refractivity contribution >= 4 is 5.69 Å². The van der Waals surface area contributed by atoms with Crippen LogP contribution < -0.4 is 5.73 Å². The van der Waals surface area contributed by atoms with Crippen molar-refractivity contribution in [3.63, 3.8) is 0 Å². The maximum Gasteiger partial charge on any atom is 0.308 e. The molecule has 0 saturated carbocycles. The fourth-order valence-corrected chi connectivity index (χ4v) is 2.28. The van der Waals surface area contributed by atoms with Crippen molar-refractivity contribution in [2.24, 2.45) is 11.7 Å². The Balaban J connectivity index is 3.50. The van der Waals surface area contributed by atoms with E-state index in [0.717, 1.165) is 6.07 Å². The molecule has 1 aromatic carbocycles. The van der Waals surface area contributed by atoms with E-state index in [4.69, 9.17) is 5.73 Å². The second-order valence-corrected chi connectivity index (χ2v) is 4.71. The summed E-state index contributed by atoms with van der Waals surface area (Å²) >= 11 is 0. The van der Waals surface area contributed by atoms with Gasteiger partial charge in [0.2, 0.25) is 5.82 Å². The molecule has 0 radical (unpaired) electrons. The Morgan fingerprint density at radius 1 is 1.28 bits per heavy atom. The van der Waals surface area contributed by atoms with Crippen LogP contribution in [0.5, 0.6) is 0 Å². The molecular weight excluding hydrogens is 242 g/mol. The number of benzene rings is 1. The van der Waals surface area contributed by atoms with Crippen LogP contribution in [0.15, 0.2) is 12.1 Å². The van der Waals surface area contributed by atoms with Gasteiger partial charge in [0.1, 0.15) is 5.82 Å². The fraction of sp³-hybridized carbons (Fsp3) is 0.500. The van der Waals surface area contributed by atoms with Gasteiger partial charge in [0.25, 0.3) is 0 Å². The van der Waals surface area contributed by atoms with Gasteiger partial charge in [-0.1, -0.05) is 13.8 Å². The molecule has 6 heteroatoms. The highest BCUT2D eigenvalue weighted by molar-refractivity contribution is 5.45.